The molecule has 3 rings (SSSR count). The quantitative estimate of drug-likeness (QED) is 0.245. The molecule has 0 atom stereocenters. The summed E-state index contributed by atoms with van der Waals surface area (Å²) in [6.45, 7) is 2.11. The lowest BCUT2D eigenvalue weighted by molar-refractivity contribution is -0.146. The SMILES string of the molecule is CCCCOC(=O)CN1C(=O)S/C(=C\c2ccc(OCc3ccc(F)cc3)c(Br)c2)C1=O. The number of esters is 1. The van der Waals surface area contributed by atoms with Gasteiger partial charge in [0.2, 0.25) is 0 Å². The normalized spacial score (nSPS) is 14.8. The van der Waals surface area contributed by atoms with Crippen LogP contribution in [0.5, 0.6) is 5.75 Å². The molecule has 0 unspecified atom stereocenters. The summed E-state index contributed by atoms with van der Waals surface area (Å²) in [5, 5.41) is -0.507. The number of rotatable bonds is 9. The zero-order chi connectivity index (χ0) is 23.1. The average molecular weight is 522 g/mol. The molecule has 1 aliphatic rings. The van der Waals surface area contributed by atoms with Gasteiger partial charge in [0.15, 0.2) is 0 Å². The molecule has 1 saturated heterocycles. The number of benzene rings is 2. The summed E-state index contributed by atoms with van der Waals surface area (Å²) in [5.41, 5.74) is 1.51. The van der Waals surface area contributed by atoms with E-state index in [0.717, 1.165) is 35.1 Å². The standard InChI is InChI=1S/C23H21BrFNO5S/c1-2-3-10-30-21(27)13-26-22(28)20(32-23(26)29)12-16-6-9-19(18(24)11-16)31-14-15-4-7-17(25)8-5-15/h4-9,11-12H,2-3,10,13-14H2,1H3/b20-12-. The fourth-order valence-corrected chi connectivity index (χ4v) is 4.11. The fourth-order valence-electron chi connectivity index (χ4n) is 2.76. The van der Waals surface area contributed by atoms with Crippen molar-refractivity contribution in [1.29, 1.82) is 0 Å². The fraction of sp³-hybridized carbons (Fsp3) is 0.261. The van der Waals surface area contributed by atoms with Gasteiger partial charge in [0.1, 0.15) is 24.7 Å². The van der Waals surface area contributed by atoms with Crippen molar-refractivity contribution >= 4 is 50.9 Å². The highest BCUT2D eigenvalue weighted by Gasteiger charge is 2.36. The van der Waals surface area contributed by atoms with Crippen molar-refractivity contribution in [1.82, 2.24) is 4.90 Å². The Morgan fingerprint density at radius 3 is 2.62 bits per heavy atom. The maximum Gasteiger partial charge on any atom is 0.326 e. The van der Waals surface area contributed by atoms with Crippen molar-refractivity contribution < 1.29 is 28.2 Å². The zero-order valence-corrected chi connectivity index (χ0v) is 19.7. The van der Waals surface area contributed by atoms with E-state index in [1.807, 2.05) is 6.92 Å². The molecule has 1 heterocycles. The molecular formula is C23H21BrFNO5S. The Morgan fingerprint density at radius 2 is 1.94 bits per heavy atom. The third kappa shape index (κ3) is 6.43. The molecule has 0 saturated carbocycles. The van der Waals surface area contributed by atoms with Gasteiger partial charge in [-0.25, -0.2) is 4.39 Å². The molecule has 0 spiro atoms. The van der Waals surface area contributed by atoms with Gasteiger partial charge in [-0.05, 0) is 75.6 Å². The number of amides is 2. The molecule has 2 aromatic rings. The monoisotopic (exact) mass is 521 g/mol. The molecule has 9 heteroatoms. The lowest BCUT2D eigenvalue weighted by Crippen LogP contribution is -2.34. The van der Waals surface area contributed by atoms with Crippen molar-refractivity contribution in [3.8, 4) is 5.75 Å². The molecule has 1 fully saturated rings. The first kappa shape index (κ1) is 24.0. The third-order valence-electron chi connectivity index (χ3n) is 4.48. The van der Waals surface area contributed by atoms with E-state index in [1.165, 1.54) is 12.1 Å². The van der Waals surface area contributed by atoms with Crippen LogP contribution in [0.2, 0.25) is 0 Å². The van der Waals surface area contributed by atoms with Gasteiger partial charge in [-0.2, -0.15) is 0 Å². The van der Waals surface area contributed by atoms with Crippen LogP contribution < -0.4 is 4.74 Å². The lowest BCUT2D eigenvalue weighted by Gasteiger charge is -2.11. The first-order valence-electron chi connectivity index (χ1n) is 9.95. The summed E-state index contributed by atoms with van der Waals surface area (Å²) < 4.78 is 24.4. The second-order valence-electron chi connectivity index (χ2n) is 6.95. The number of carbonyl (C=O) groups is 3. The summed E-state index contributed by atoms with van der Waals surface area (Å²) >= 11 is 4.22. The van der Waals surface area contributed by atoms with Crippen LogP contribution in [-0.4, -0.2) is 35.2 Å². The molecule has 32 heavy (non-hydrogen) atoms. The summed E-state index contributed by atoms with van der Waals surface area (Å²) in [7, 11) is 0. The predicted molar refractivity (Wildman–Crippen MR) is 123 cm³/mol. The Balaban J connectivity index is 1.62. The maximum absolute atomic E-state index is 13.0. The molecule has 0 radical (unpaired) electrons. The van der Waals surface area contributed by atoms with Crippen molar-refractivity contribution in [2.45, 2.75) is 26.4 Å². The smallest absolute Gasteiger partial charge is 0.326 e. The minimum absolute atomic E-state index is 0.225. The number of carbonyl (C=O) groups excluding carboxylic acids is 3. The molecule has 1 aliphatic heterocycles. The number of ether oxygens (including phenoxy) is 2. The highest BCUT2D eigenvalue weighted by atomic mass is 79.9. The molecule has 6 nitrogen and oxygen atoms in total. The second-order valence-corrected chi connectivity index (χ2v) is 8.79. The number of hydrogen-bond acceptors (Lipinski definition) is 6. The molecule has 168 valence electrons. The van der Waals surface area contributed by atoms with Crippen molar-refractivity contribution in [2.24, 2.45) is 0 Å². The van der Waals surface area contributed by atoms with Crippen molar-refractivity contribution in [3.05, 3.63) is 68.8 Å². The molecule has 0 aliphatic carbocycles. The van der Waals surface area contributed by atoms with E-state index in [1.54, 1.807) is 36.4 Å². The second kappa shape index (κ2) is 11.3. The van der Waals surface area contributed by atoms with Gasteiger partial charge >= 0.3 is 5.97 Å². The van der Waals surface area contributed by atoms with Gasteiger partial charge < -0.3 is 9.47 Å². The summed E-state index contributed by atoms with van der Waals surface area (Å²) in [6.07, 6.45) is 3.19. The van der Waals surface area contributed by atoms with E-state index in [4.69, 9.17) is 9.47 Å². The molecular weight excluding hydrogens is 501 g/mol. The van der Waals surface area contributed by atoms with E-state index < -0.39 is 23.7 Å². The van der Waals surface area contributed by atoms with Gasteiger partial charge in [0.05, 0.1) is 16.0 Å². The van der Waals surface area contributed by atoms with Gasteiger partial charge in [-0.1, -0.05) is 31.5 Å². The number of thioether (sulfide) groups is 1. The van der Waals surface area contributed by atoms with E-state index in [-0.39, 0.29) is 23.9 Å². The van der Waals surface area contributed by atoms with Gasteiger partial charge in [0, 0.05) is 0 Å². The summed E-state index contributed by atoms with van der Waals surface area (Å²) in [6, 6.07) is 11.3. The van der Waals surface area contributed by atoms with Crippen molar-refractivity contribution in [2.75, 3.05) is 13.2 Å². The summed E-state index contributed by atoms with van der Waals surface area (Å²) in [4.78, 5) is 37.7. The highest BCUT2D eigenvalue weighted by Crippen LogP contribution is 2.34. The predicted octanol–water partition coefficient (Wildman–Crippen LogP) is 5.55. The maximum atomic E-state index is 13.0. The molecule has 2 aromatic carbocycles. The summed E-state index contributed by atoms with van der Waals surface area (Å²) in [5.74, 6) is -0.862. The van der Waals surface area contributed by atoms with Crippen LogP contribution in [0.25, 0.3) is 6.08 Å². The zero-order valence-electron chi connectivity index (χ0n) is 17.3. The number of unbranched alkanes of at least 4 members (excludes halogenated alkanes) is 1. The third-order valence-corrected chi connectivity index (χ3v) is 6.01. The Labute approximate surface area is 197 Å². The first-order valence-corrected chi connectivity index (χ1v) is 11.6. The number of hydrogen-bond donors (Lipinski definition) is 0. The number of nitrogens with zero attached hydrogens (tertiary/aromatic N) is 1. The average Bonchev–Trinajstić information content (AvgIpc) is 3.02. The Hall–Kier alpha value is -2.65. The Bertz CT molecular complexity index is 1040. The Kier molecular flexibility index (Phi) is 8.46. The van der Waals surface area contributed by atoms with Crippen LogP contribution in [0.3, 0.4) is 0 Å². The minimum Gasteiger partial charge on any atom is -0.488 e. The topological polar surface area (TPSA) is 72.9 Å². The lowest BCUT2D eigenvalue weighted by atomic mass is 10.2. The van der Waals surface area contributed by atoms with Crippen LogP contribution in [0, 0.1) is 5.82 Å². The van der Waals surface area contributed by atoms with Crippen LogP contribution in [0.4, 0.5) is 9.18 Å². The van der Waals surface area contributed by atoms with E-state index in [2.05, 4.69) is 15.9 Å². The Morgan fingerprint density at radius 1 is 1.19 bits per heavy atom. The van der Waals surface area contributed by atoms with Crippen LogP contribution in [0.15, 0.2) is 51.8 Å². The molecule has 0 N–H and O–H groups in total. The number of halogens is 2. The van der Waals surface area contributed by atoms with Gasteiger partial charge in [-0.3, -0.25) is 19.3 Å². The van der Waals surface area contributed by atoms with Crippen molar-refractivity contribution in [3.63, 3.8) is 0 Å². The molecule has 0 aromatic heterocycles. The minimum atomic E-state index is -0.604. The first-order chi connectivity index (χ1) is 15.4. The van der Waals surface area contributed by atoms with Gasteiger partial charge in [0.25, 0.3) is 11.1 Å². The van der Waals surface area contributed by atoms with E-state index in [9.17, 15) is 18.8 Å². The van der Waals surface area contributed by atoms with Crippen LogP contribution >= 0.6 is 27.7 Å². The van der Waals surface area contributed by atoms with Crippen LogP contribution in [-0.2, 0) is 20.9 Å². The van der Waals surface area contributed by atoms with Crippen LogP contribution in [0.1, 0.15) is 30.9 Å². The van der Waals surface area contributed by atoms with E-state index >= 15 is 0 Å². The molecule has 2 amide bonds. The highest BCUT2D eigenvalue weighted by molar-refractivity contribution is 9.10. The molecule has 0 bridgehead atoms. The van der Waals surface area contributed by atoms with E-state index in [0.29, 0.717) is 15.8 Å². The number of imide groups is 1. The largest absolute Gasteiger partial charge is 0.488 e. The van der Waals surface area contributed by atoms with Gasteiger partial charge in [-0.15, -0.1) is 0 Å².